The van der Waals surface area contributed by atoms with Gasteiger partial charge in [-0.3, -0.25) is 24.0 Å². The first kappa shape index (κ1) is 97.4. The monoisotopic (exact) mass is 1720 g/mol. The second-order valence-electron chi connectivity index (χ2n) is 33.2. The van der Waals surface area contributed by atoms with Gasteiger partial charge in [-0.25, -0.2) is 64.2 Å². The average molecular weight is 1720 g/mol. The van der Waals surface area contributed by atoms with Crippen LogP contribution in [0.4, 0.5) is 34.4 Å². The van der Waals surface area contributed by atoms with Gasteiger partial charge in [0.1, 0.15) is 45.1 Å². The van der Waals surface area contributed by atoms with E-state index in [2.05, 4.69) is 209 Å². The van der Waals surface area contributed by atoms with Gasteiger partial charge in [-0.15, -0.1) is 10.2 Å². The first-order valence-corrected chi connectivity index (χ1v) is 42.2. The zero-order valence-corrected chi connectivity index (χ0v) is 77.7. The third-order valence-corrected chi connectivity index (χ3v) is 19.8. The first-order chi connectivity index (χ1) is 59.6. The number of aryl methyl sites for hydroxylation is 1. The number of imidazole rings is 6. The molecule has 1 aliphatic rings. The van der Waals surface area contributed by atoms with Crippen LogP contribution >= 0.6 is 0 Å². The highest BCUT2D eigenvalue weighted by Crippen LogP contribution is 2.34. The normalized spacial score (nSPS) is 11.4. The lowest BCUT2D eigenvalue weighted by atomic mass is 10.0. The van der Waals surface area contributed by atoms with E-state index in [-0.39, 0.29) is 29.4 Å². The summed E-state index contributed by atoms with van der Waals surface area (Å²) in [4.78, 5) is 89.5. The molecular formula is C91H126N32O3. The summed E-state index contributed by atoms with van der Waals surface area (Å²) in [6, 6.07) is 22.3. The van der Waals surface area contributed by atoms with Crippen LogP contribution in [-0.2, 0) is 6.42 Å². The molecule has 0 spiro atoms. The predicted octanol–water partition coefficient (Wildman–Crippen LogP) is 17.4. The summed E-state index contributed by atoms with van der Waals surface area (Å²) in [6.07, 6.45) is 29.5. The van der Waals surface area contributed by atoms with Crippen molar-refractivity contribution in [2.75, 3.05) is 47.7 Å². The number of nitrogens with two attached hydrogens (primary N) is 5. The molecule has 0 fully saturated rings. The molecule has 17 rings (SSSR count). The third kappa shape index (κ3) is 24.9. The highest BCUT2D eigenvalue weighted by molar-refractivity contribution is 5.94. The van der Waals surface area contributed by atoms with Crippen molar-refractivity contribution in [2.24, 2.45) is 5.92 Å². The molecule has 0 amide bonds. The fourth-order valence-electron chi connectivity index (χ4n) is 12.5. The molecular weight excluding hydrogens is 1590 g/mol. The van der Waals surface area contributed by atoms with Crippen molar-refractivity contribution in [1.82, 2.24) is 127 Å². The van der Waals surface area contributed by atoms with Gasteiger partial charge in [0, 0.05) is 125 Å². The summed E-state index contributed by atoms with van der Waals surface area (Å²) in [6.45, 7) is 48.3. The molecule has 0 radical (unpaired) electrons. The number of para-hydroxylation sites is 2. The van der Waals surface area contributed by atoms with Crippen molar-refractivity contribution < 1.29 is 14.4 Å². The molecule has 14 aromatic heterocycles. The van der Waals surface area contributed by atoms with E-state index < -0.39 is 0 Å². The summed E-state index contributed by atoms with van der Waals surface area (Å²) in [5, 5.41) is 15.5. The maximum Gasteiger partial charge on any atom is 0.226 e. The second kappa shape index (κ2) is 44.3. The molecule has 0 bridgehead atoms. The topological polar surface area (TPSA) is 448 Å². The van der Waals surface area contributed by atoms with Gasteiger partial charge in [0.25, 0.3) is 0 Å². The van der Waals surface area contributed by atoms with Gasteiger partial charge >= 0.3 is 0 Å². The average Bonchev–Trinajstić information content (AvgIpc) is 1.69. The molecule has 0 saturated carbocycles. The highest BCUT2D eigenvalue weighted by atomic mass is 16.1. The summed E-state index contributed by atoms with van der Waals surface area (Å²) < 4.78 is 17.5. The molecule has 14 heterocycles. The first-order valence-electron chi connectivity index (χ1n) is 42.2. The molecule has 35 nitrogen and oxygen atoms in total. The number of fused-ring (bicyclic) bond motifs is 7. The van der Waals surface area contributed by atoms with E-state index in [4.69, 9.17) is 28.7 Å². The number of hydrogen-bond donors (Lipinski definition) is 5. The Morgan fingerprint density at radius 2 is 0.825 bits per heavy atom. The van der Waals surface area contributed by atoms with Gasteiger partial charge < -0.3 is 61.0 Å². The van der Waals surface area contributed by atoms with E-state index in [0.717, 1.165) is 95.9 Å². The SMILES string of the molecule is CC(=O)c1cn(C(C)C)nn1.CC(=O)c1cnn(C(C)C)c1.CC(=O)c1ncn(C(C)C)n1.CC(C)C1=CCc2c(N)ccnc21.CC(C)n1cnc2c(N)cccc21.CC(C)n1cnc2c(N)cccc21.CC(C)n1cnc2c(N)ccnc21.CC(C)n1cnc2c(N)ccnc21.CC(C)n1cnc2cnc(N(C)C)nc21.Cc1ccnc2c1ncn2C(C)C. The molecule has 126 heavy (non-hydrogen) atoms. The molecule has 668 valence electrons. The lowest BCUT2D eigenvalue weighted by molar-refractivity contribution is 0.0997. The largest absolute Gasteiger partial charge is 0.398 e. The van der Waals surface area contributed by atoms with Crippen molar-refractivity contribution in [3.63, 3.8) is 0 Å². The molecule has 0 atom stereocenters. The Morgan fingerprint density at radius 3 is 1.23 bits per heavy atom. The number of rotatable bonds is 14. The summed E-state index contributed by atoms with van der Waals surface area (Å²) in [5.74, 6) is 1.47. The van der Waals surface area contributed by atoms with Crippen LogP contribution < -0.4 is 33.6 Å². The summed E-state index contributed by atoms with van der Waals surface area (Å²) >= 11 is 0. The van der Waals surface area contributed by atoms with E-state index in [9.17, 15) is 14.4 Å². The number of Topliss-reactive ketones (excluding diaryl/α,β-unsaturated/α-hetero) is 3. The number of anilines is 6. The van der Waals surface area contributed by atoms with Gasteiger partial charge in [-0.1, -0.05) is 37.3 Å². The molecule has 1 aliphatic carbocycles. The minimum Gasteiger partial charge on any atom is -0.398 e. The van der Waals surface area contributed by atoms with E-state index in [1.54, 1.807) is 95.5 Å². The second-order valence-corrected chi connectivity index (χ2v) is 33.2. The van der Waals surface area contributed by atoms with E-state index >= 15 is 0 Å². The number of benzene rings is 2. The van der Waals surface area contributed by atoms with Crippen molar-refractivity contribution in [3.8, 4) is 0 Å². The van der Waals surface area contributed by atoms with Crippen LogP contribution in [0.25, 0.3) is 72.3 Å². The van der Waals surface area contributed by atoms with Crippen LogP contribution in [0.1, 0.15) is 262 Å². The van der Waals surface area contributed by atoms with Gasteiger partial charge in [0.05, 0.1) is 102 Å². The van der Waals surface area contributed by atoms with Crippen molar-refractivity contribution in [1.29, 1.82) is 0 Å². The minimum absolute atomic E-state index is 0.0445. The van der Waals surface area contributed by atoms with Crippen molar-refractivity contribution in [3.05, 3.63) is 195 Å². The number of aromatic nitrogens is 26. The molecule has 0 saturated heterocycles. The fraction of sp³-hybridized carbons (Fsp3) is 0.407. The van der Waals surface area contributed by atoms with Gasteiger partial charge in [0.2, 0.25) is 11.8 Å². The maximum atomic E-state index is 10.8. The highest BCUT2D eigenvalue weighted by Gasteiger charge is 2.21. The number of ketones is 3. The van der Waals surface area contributed by atoms with Crippen molar-refractivity contribution in [2.45, 2.75) is 227 Å². The van der Waals surface area contributed by atoms with Gasteiger partial charge in [0.15, 0.2) is 39.9 Å². The van der Waals surface area contributed by atoms with Crippen LogP contribution in [0.15, 0.2) is 161 Å². The van der Waals surface area contributed by atoms with Crippen LogP contribution in [-0.4, -0.2) is 158 Å². The smallest absolute Gasteiger partial charge is 0.226 e. The minimum atomic E-state index is -0.0931. The zero-order chi connectivity index (χ0) is 92.8. The summed E-state index contributed by atoms with van der Waals surface area (Å²) in [7, 11) is 3.86. The molecule has 0 unspecified atom stereocenters. The predicted molar refractivity (Wildman–Crippen MR) is 505 cm³/mol. The fourth-order valence-corrected chi connectivity index (χ4v) is 12.5. The Bertz CT molecular complexity index is 5640. The number of carbonyl (C=O) groups is 3. The Balaban J connectivity index is 0.000000174. The van der Waals surface area contributed by atoms with Crippen molar-refractivity contribution >= 4 is 124 Å². The molecule has 0 aliphatic heterocycles. The quantitative estimate of drug-likeness (QED) is 0.0498. The van der Waals surface area contributed by atoms with Crippen LogP contribution in [0.5, 0.6) is 0 Å². The number of allylic oxidation sites excluding steroid dienone is 2. The number of carbonyl (C=O) groups excluding carboxylic acids is 3. The van der Waals surface area contributed by atoms with E-state index in [1.807, 2.05) is 154 Å². The van der Waals surface area contributed by atoms with Crippen LogP contribution in [0, 0.1) is 12.8 Å². The Morgan fingerprint density at radius 1 is 0.397 bits per heavy atom. The van der Waals surface area contributed by atoms with Crippen LogP contribution in [0.3, 0.4) is 0 Å². The zero-order valence-electron chi connectivity index (χ0n) is 77.7. The van der Waals surface area contributed by atoms with E-state index in [1.165, 1.54) is 30.5 Å². The number of hydrogen-bond acceptors (Lipinski definition) is 26. The Labute approximate surface area is 736 Å². The standard InChI is InChI=1S/C11H14N2.C10H15N5.3C10H13N3.2C9H12N4.C8H12N2O.2C7H11N3O/c1-7(2)8-3-4-9-10(12)5-6-13-11(8)9;1-7(2)15-6-12-8-5-11-10(14(3)4)13-9(8)15;1-7(2)13-6-12-9-8(3)4-5-11-10(9)13;2*1-7(2)13-6-12-10-8(11)4-3-5-9(10)13;2*1-6(2)13-5-12-8-7(10)3-4-11-9(8)13;1-6(2)10-5-8(4-9-10)7(3)11;1-5(2)10-4-8-7(9-10)6(3)11;1-5(2)10-4-7(6(3)11)8-9-10/h3,5-7H,4H2,1-2H3,(H2,12,13);5-7H,1-4H3;4-7H,1-3H3;2*3-7H,11H2,1-2H3;2*3-6H,1-2H3,(H2,10,11);4-6H,1-3H3;2*4-5H,1-3H3. The maximum absolute atomic E-state index is 10.8. The lowest BCUT2D eigenvalue weighted by Crippen LogP contribution is -2.13. The molecule has 10 N–H and O–H groups in total. The number of nitrogen functional groups attached to an aromatic ring is 5. The van der Waals surface area contributed by atoms with Gasteiger partial charge in [-0.2, -0.15) is 10.1 Å². The third-order valence-electron chi connectivity index (χ3n) is 19.8. The molecule has 2 aromatic carbocycles. The van der Waals surface area contributed by atoms with E-state index in [0.29, 0.717) is 82.6 Å². The number of nitrogens with zero attached hydrogens (tertiary/aromatic N) is 27. The molecule has 16 aromatic rings. The Kier molecular flexibility index (Phi) is 34.3. The molecule has 35 heteroatoms. The van der Waals surface area contributed by atoms with Gasteiger partial charge in [-0.05, 0) is 210 Å². The van der Waals surface area contributed by atoms with Crippen LogP contribution in [0.2, 0.25) is 0 Å². The lowest BCUT2D eigenvalue weighted by Gasteiger charge is -2.11. The summed E-state index contributed by atoms with van der Waals surface area (Å²) in [5.41, 5.74) is 49.7. The number of pyridine rings is 4. The Hall–Kier alpha value is -14.0.